The second-order valence-electron chi connectivity index (χ2n) is 4.28. The Morgan fingerprint density at radius 2 is 2.00 bits per heavy atom. The molecular formula is C16H13NO2S. The molecule has 0 spiro atoms. The summed E-state index contributed by atoms with van der Waals surface area (Å²) in [5.74, 6) is 1.03. The average Bonchev–Trinajstić information content (AvgIpc) is 2.89. The normalized spacial score (nSPS) is 11.8. The van der Waals surface area contributed by atoms with Crippen LogP contribution in [0.15, 0.2) is 48.5 Å². The topological polar surface area (TPSA) is 42.4 Å². The van der Waals surface area contributed by atoms with Crippen LogP contribution in [0.1, 0.15) is 10.6 Å². The van der Waals surface area contributed by atoms with Crippen molar-refractivity contribution >= 4 is 33.4 Å². The SMILES string of the molecule is COc1ccc2nc(/C=C(\O)c3ccccc3)sc2c1. The van der Waals surface area contributed by atoms with Crippen molar-refractivity contribution in [3.05, 3.63) is 59.1 Å². The molecule has 0 amide bonds. The second-order valence-corrected chi connectivity index (χ2v) is 5.34. The predicted molar refractivity (Wildman–Crippen MR) is 83.1 cm³/mol. The van der Waals surface area contributed by atoms with Crippen LogP contribution in [-0.2, 0) is 0 Å². The van der Waals surface area contributed by atoms with Crippen molar-refractivity contribution in [1.29, 1.82) is 0 Å². The van der Waals surface area contributed by atoms with Crippen LogP contribution in [0.5, 0.6) is 5.75 Å². The van der Waals surface area contributed by atoms with Crippen LogP contribution < -0.4 is 4.74 Å². The summed E-state index contributed by atoms with van der Waals surface area (Å²) in [4.78, 5) is 4.48. The Labute approximate surface area is 120 Å². The number of hydrogen-bond acceptors (Lipinski definition) is 4. The van der Waals surface area contributed by atoms with Crippen LogP contribution in [-0.4, -0.2) is 17.2 Å². The summed E-state index contributed by atoms with van der Waals surface area (Å²) >= 11 is 1.52. The molecule has 4 heteroatoms. The number of thiazole rings is 1. The summed E-state index contributed by atoms with van der Waals surface area (Å²) < 4.78 is 6.23. The molecule has 1 heterocycles. The number of aliphatic hydroxyl groups is 1. The first kappa shape index (κ1) is 12.7. The van der Waals surface area contributed by atoms with Gasteiger partial charge in [-0.2, -0.15) is 0 Å². The highest BCUT2D eigenvalue weighted by atomic mass is 32.1. The molecule has 0 bridgehead atoms. The summed E-state index contributed by atoms with van der Waals surface area (Å²) in [5, 5.41) is 10.9. The number of methoxy groups -OCH3 is 1. The number of ether oxygens (including phenoxy) is 1. The van der Waals surface area contributed by atoms with Gasteiger partial charge in [-0.05, 0) is 18.2 Å². The zero-order valence-corrected chi connectivity index (χ0v) is 11.7. The maximum absolute atomic E-state index is 10.1. The van der Waals surface area contributed by atoms with Crippen molar-refractivity contribution in [2.24, 2.45) is 0 Å². The van der Waals surface area contributed by atoms with E-state index in [9.17, 15) is 5.11 Å². The first-order valence-electron chi connectivity index (χ1n) is 6.17. The molecule has 3 aromatic rings. The van der Waals surface area contributed by atoms with Gasteiger partial charge in [0.25, 0.3) is 0 Å². The van der Waals surface area contributed by atoms with E-state index in [1.807, 2.05) is 48.5 Å². The fourth-order valence-corrected chi connectivity index (χ4v) is 2.85. The molecule has 1 N–H and O–H groups in total. The lowest BCUT2D eigenvalue weighted by Gasteiger charge is -1.97. The Morgan fingerprint density at radius 3 is 2.75 bits per heavy atom. The third-order valence-corrected chi connectivity index (χ3v) is 3.91. The standard InChI is InChI=1S/C16H13NO2S/c1-19-12-7-8-13-15(9-12)20-16(17-13)10-14(18)11-5-3-2-4-6-11/h2-10,18H,1H3/b14-10-. The van der Waals surface area contributed by atoms with E-state index in [4.69, 9.17) is 4.74 Å². The summed E-state index contributed by atoms with van der Waals surface area (Å²) in [6.45, 7) is 0. The third-order valence-electron chi connectivity index (χ3n) is 2.94. The molecular weight excluding hydrogens is 270 g/mol. The summed E-state index contributed by atoms with van der Waals surface area (Å²) in [6, 6.07) is 15.2. The fraction of sp³-hybridized carbons (Fsp3) is 0.0625. The third kappa shape index (κ3) is 2.51. The van der Waals surface area contributed by atoms with Crippen molar-refractivity contribution in [2.75, 3.05) is 7.11 Å². The molecule has 2 aromatic carbocycles. The van der Waals surface area contributed by atoms with Crippen molar-refractivity contribution in [3.63, 3.8) is 0 Å². The highest BCUT2D eigenvalue weighted by Crippen LogP contribution is 2.28. The Balaban J connectivity index is 1.98. The number of hydrogen-bond donors (Lipinski definition) is 1. The monoisotopic (exact) mass is 283 g/mol. The molecule has 1 aromatic heterocycles. The van der Waals surface area contributed by atoms with Crippen LogP contribution in [0, 0.1) is 0 Å². The van der Waals surface area contributed by atoms with Crippen LogP contribution in [0.4, 0.5) is 0 Å². The molecule has 3 rings (SSSR count). The number of fused-ring (bicyclic) bond motifs is 1. The van der Waals surface area contributed by atoms with Gasteiger partial charge in [-0.3, -0.25) is 0 Å². The van der Waals surface area contributed by atoms with Gasteiger partial charge in [0.15, 0.2) is 0 Å². The molecule has 0 fully saturated rings. The minimum absolute atomic E-state index is 0.219. The predicted octanol–water partition coefficient (Wildman–Crippen LogP) is 4.36. The largest absolute Gasteiger partial charge is 0.507 e. The average molecular weight is 283 g/mol. The molecule has 20 heavy (non-hydrogen) atoms. The van der Waals surface area contributed by atoms with Gasteiger partial charge in [0.2, 0.25) is 0 Å². The van der Waals surface area contributed by atoms with E-state index in [0.717, 1.165) is 26.5 Å². The zero-order valence-electron chi connectivity index (χ0n) is 10.9. The maximum atomic E-state index is 10.1. The first-order valence-corrected chi connectivity index (χ1v) is 6.98. The number of aromatic nitrogens is 1. The van der Waals surface area contributed by atoms with Gasteiger partial charge in [-0.1, -0.05) is 30.3 Å². The van der Waals surface area contributed by atoms with Crippen molar-refractivity contribution in [2.45, 2.75) is 0 Å². The highest BCUT2D eigenvalue weighted by Gasteiger charge is 2.05. The van der Waals surface area contributed by atoms with Crippen molar-refractivity contribution < 1.29 is 9.84 Å². The van der Waals surface area contributed by atoms with E-state index in [1.54, 1.807) is 13.2 Å². The number of rotatable bonds is 3. The molecule has 100 valence electrons. The van der Waals surface area contributed by atoms with E-state index in [2.05, 4.69) is 4.98 Å². The summed E-state index contributed by atoms with van der Waals surface area (Å²) in [5.41, 5.74) is 1.69. The smallest absolute Gasteiger partial charge is 0.125 e. The van der Waals surface area contributed by atoms with Gasteiger partial charge >= 0.3 is 0 Å². The molecule has 0 radical (unpaired) electrons. The molecule has 0 aliphatic heterocycles. The van der Waals surface area contributed by atoms with Gasteiger partial charge in [0, 0.05) is 11.6 Å². The van der Waals surface area contributed by atoms with Gasteiger partial charge < -0.3 is 9.84 Å². The number of aliphatic hydroxyl groups excluding tert-OH is 1. The Kier molecular flexibility index (Phi) is 3.39. The lowest BCUT2D eigenvalue weighted by atomic mass is 10.2. The minimum atomic E-state index is 0.219. The molecule has 0 saturated carbocycles. The molecule has 0 atom stereocenters. The Morgan fingerprint density at radius 1 is 1.20 bits per heavy atom. The minimum Gasteiger partial charge on any atom is -0.507 e. The summed E-state index contributed by atoms with van der Waals surface area (Å²) in [7, 11) is 1.64. The van der Waals surface area contributed by atoms with E-state index >= 15 is 0 Å². The first-order chi connectivity index (χ1) is 9.76. The molecule has 0 saturated heterocycles. The quantitative estimate of drug-likeness (QED) is 0.726. The number of nitrogens with zero attached hydrogens (tertiary/aromatic N) is 1. The van der Waals surface area contributed by atoms with Crippen LogP contribution in [0.2, 0.25) is 0 Å². The number of benzene rings is 2. The van der Waals surface area contributed by atoms with Crippen LogP contribution >= 0.6 is 11.3 Å². The van der Waals surface area contributed by atoms with Crippen molar-refractivity contribution in [1.82, 2.24) is 4.98 Å². The van der Waals surface area contributed by atoms with Gasteiger partial charge in [0.1, 0.15) is 16.5 Å². The van der Waals surface area contributed by atoms with Gasteiger partial charge in [-0.25, -0.2) is 4.98 Å². The van der Waals surface area contributed by atoms with Crippen LogP contribution in [0.25, 0.3) is 22.1 Å². The molecule has 3 nitrogen and oxygen atoms in total. The van der Waals surface area contributed by atoms with Crippen molar-refractivity contribution in [3.8, 4) is 5.75 Å². The molecule has 0 unspecified atom stereocenters. The van der Waals surface area contributed by atoms with E-state index in [0.29, 0.717) is 0 Å². The molecule has 0 aliphatic carbocycles. The second kappa shape index (κ2) is 5.35. The van der Waals surface area contributed by atoms with Gasteiger partial charge in [0.05, 0.1) is 17.3 Å². The lowest BCUT2D eigenvalue weighted by molar-refractivity contribution is 0.415. The fourth-order valence-electron chi connectivity index (χ4n) is 1.92. The van der Waals surface area contributed by atoms with E-state index in [1.165, 1.54) is 11.3 Å². The highest BCUT2D eigenvalue weighted by molar-refractivity contribution is 7.19. The van der Waals surface area contributed by atoms with E-state index in [-0.39, 0.29) is 5.76 Å². The zero-order chi connectivity index (χ0) is 13.9. The van der Waals surface area contributed by atoms with Gasteiger partial charge in [-0.15, -0.1) is 11.3 Å². The van der Waals surface area contributed by atoms with E-state index < -0.39 is 0 Å². The maximum Gasteiger partial charge on any atom is 0.125 e. The van der Waals surface area contributed by atoms with Crippen LogP contribution in [0.3, 0.4) is 0 Å². The molecule has 0 aliphatic rings. The lowest BCUT2D eigenvalue weighted by Crippen LogP contribution is -1.81. The Hall–Kier alpha value is -2.33. The summed E-state index contributed by atoms with van der Waals surface area (Å²) in [6.07, 6.45) is 1.69. The Bertz CT molecular complexity index is 763.